The van der Waals surface area contributed by atoms with E-state index in [-0.39, 0.29) is 60.7 Å². The van der Waals surface area contributed by atoms with Crippen LogP contribution in [0.25, 0.3) is 0 Å². The Labute approximate surface area is 355 Å². The monoisotopic (exact) mass is 860 g/mol. The number of carbonyl (C=O) groups is 4. The summed E-state index contributed by atoms with van der Waals surface area (Å²) in [5.74, 6) is -0.635. The van der Waals surface area contributed by atoms with Gasteiger partial charge >= 0.3 is 6.18 Å². The molecule has 4 amide bonds. The summed E-state index contributed by atoms with van der Waals surface area (Å²) < 4.78 is 63.6. The number of carbonyl (C=O) groups excluding carboxylic acids is 4. The van der Waals surface area contributed by atoms with Crippen LogP contribution in [0.2, 0.25) is 0 Å². The molecular weight excluding hydrogens is 817 g/mol. The number of halogens is 4. The van der Waals surface area contributed by atoms with Crippen LogP contribution in [-0.2, 0) is 25.4 Å². The molecule has 320 valence electrons. The number of rotatable bonds is 12. The molecule has 0 radical (unpaired) electrons. The Morgan fingerprint density at radius 3 is 2.44 bits per heavy atom. The molecule has 0 aromatic heterocycles. The second kappa shape index (κ2) is 16.7. The number of nitrogens with zero attached hydrogens (tertiary/aromatic N) is 5. The molecule has 18 heteroatoms. The lowest BCUT2D eigenvalue weighted by atomic mass is 9.75. The number of nitrogens with one attached hydrogen (secondary N) is 3. The third kappa shape index (κ3) is 8.51. The fourth-order valence-electron chi connectivity index (χ4n) is 8.69. The van der Waals surface area contributed by atoms with Crippen LogP contribution in [0.5, 0.6) is 5.75 Å². The van der Waals surface area contributed by atoms with Crippen molar-refractivity contribution >= 4 is 63.7 Å². The first kappa shape index (κ1) is 42.1. The van der Waals surface area contributed by atoms with Gasteiger partial charge in [0, 0.05) is 49.2 Å². The number of amides is 4. The highest BCUT2D eigenvalue weighted by Crippen LogP contribution is 2.51. The maximum absolute atomic E-state index is 15.6. The van der Waals surface area contributed by atoms with Crippen LogP contribution < -0.4 is 30.5 Å². The van der Waals surface area contributed by atoms with Crippen molar-refractivity contribution in [2.45, 2.75) is 87.9 Å². The zero-order valence-corrected chi connectivity index (χ0v) is 34.1. The quantitative estimate of drug-likeness (QED) is 0.0846. The summed E-state index contributed by atoms with van der Waals surface area (Å²) in [6.45, 7) is 2.96. The lowest BCUT2D eigenvalue weighted by Crippen LogP contribution is -2.58. The first-order valence-corrected chi connectivity index (χ1v) is 20.7. The lowest BCUT2D eigenvalue weighted by molar-refractivity contribution is -0.138. The van der Waals surface area contributed by atoms with E-state index in [1.807, 2.05) is 24.0 Å². The average molecular weight is 861 g/mol. The summed E-state index contributed by atoms with van der Waals surface area (Å²) >= 11 is 5.84. The van der Waals surface area contributed by atoms with Crippen LogP contribution in [0, 0.1) is 11.3 Å². The number of anilines is 4. The summed E-state index contributed by atoms with van der Waals surface area (Å²) in [7, 11) is 0. The Kier molecular flexibility index (Phi) is 11.5. The number of alkyl halides is 4. The van der Waals surface area contributed by atoms with Crippen LogP contribution in [0.3, 0.4) is 0 Å². The van der Waals surface area contributed by atoms with Crippen molar-refractivity contribution in [2.75, 3.05) is 53.2 Å². The molecule has 3 atom stereocenters. The van der Waals surface area contributed by atoms with Gasteiger partial charge in [0.15, 0.2) is 11.4 Å². The highest BCUT2D eigenvalue weighted by molar-refractivity contribution is 7.81. The molecule has 5 aliphatic rings. The zero-order chi connectivity index (χ0) is 43.2. The van der Waals surface area contributed by atoms with E-state index in [1.165, 1.54) is 11.0 Å². The molecule has 61 heavy (non-hydrogen) atoms. The predicted octanol–water partition coefficient (Wildman–Crippen LogP) is 6.05. The number of benzene rings is 3. The van der Waals surface area contributed by atoms with Gasteiger partial charge in [-0.15, -0.1) is 0 Å². The Hall–Kier alpha value is -5.64. The Bertz CT molecular complexity index is 2300. The van der Waals surface area contributed by atoms with Crippen molar-refractivity contribution in [2.24, 2.45) is 0 Å². The van der Waals surface area contributed by atoms with Crippen LogP contribution >= 0.6 is 12.2 Å². The standard InChI is InChI=1S/C43H44F4N8O5S/c1-25-22-52(23-36(44)53(25)24-38(57)50-29-5-2-4-28(18-29)49-34-11-13-37(56)51-39(34)58)16-17-60-35-12-10-31(19-32(35)26-6-7-26)55-41(61)54(40(59)42(55)14-3-15-42)30-9-8-27(21-48)33(20-30)43(45,46)47/h2,4-5,8-10,12,18-20,25-26,34,36,49H,3,6-7,11,13-17,22-24H2,1H3,(H,50,57)(H,51,56,58)/t25-,34?,36-/m0/s1. The largest absolute Gasteiger partial charge is 0.492 e. The number of piperazine rings is 1. The van der Waals surface area contributed by atoms with Crippen LogP contribution in [0.15, 0.2) is 60.7 Å². The second-order valence-corrected chi connectivity index (χ2v) is 16.7. The minimum Gasteiger partial charge on any atom is -0.492 e. The van der Waals surface area contributed by atoms with E-state index in [2.05, 4.69) is 16.0 Å². The SMILES string of the molecule is C[C@H]1CN(CCOc2ccc(N3C(=S)N(c4ccc(C#N)c(C(F)(F)F)c4)C(=O)C34CCC4)cc2C2CC2)C[C@@H](F)N1CC(=O)Nc1cccc(NC2CCC(=O)NC2=O)c1. The number of nitriles is 1. The molecule has 5 fully saturated rings. The molecule has 1 unspecified atom stereocenters. The minimum absolute atomic E-state index is 0.0460. The van der Waals surface area contributed by atoms with Crippen LogP contribution in [0.1, 0.15) is 74.5 Å². The smallest absolute Gasteiger partial charge is 0.417 e. The van der Waals surface area contributed by atoms with Crippen LogP contribution in [0.4, 0.5) is 40.3 Å². The zero-order valence-electron chi connectivity index (χ0n) is 33.3. The summed E-state index contributed by atoms with van der Waals surface area (Å²) in [6, 6.07) is 16.3. The molecule has 3 heterocycles. The van der Waals surface area contributed by atoms with E-state index >= 15 is 4.39 Å². The third-order valence-corrected chi connectivity index (χ3v) is 12.5. The van der Waals surface area contributed by atoms with Gasteiger partial charge in [-0.25, -0.2) is 4.39 Å². The first-order valence-electron chi connectivity index (χ1n) is 20.3. The van der Waals surface area contributed by atoms with Crippen molar-refractivity contribution < 1.29 is 41.5 Å². The van der Waals surface area contributed by atoms with Gasteiger partial charge in [0.05, 0.1) is 29.4 Å². The van der Waals surface area contributed by atoms with Crippen molar-refractivity contribution in [3.63, 3.8) is 0 Å². The minimum atomic E-state index is -4.80. The van der Waals surface area contributed by atoms with Crippen molar-refractivity contribution in [1.29, 1.82) is 5.26 Å². The van der Waals surface area contributed by atoms with E-state index in [0.717, 1.165) is 41.9 Å². The number of ether oxygens (including phenoxy) is 1. The number of thiocarbonyl (C=S) groups is 1. The van der Waals surface area contributed by atoms with Crippen molar-refractivity contribution in [3.05, 3.63) is 77.4 Å². The Balaban J connectivity index is 0.877. The molecule has 0 bridgehead atoms. The highest BCUT2D eigenvalue weighted by atomic mass is 32.1. The van der Waals surface area contributed by atoms with Gasteiger partial charge in [0.1, 0.15) is 23.9 Å². The van der Waals surface area contributed by atoms with Crippen LogP contribution in [-0.4, -0.2) is 95.2 Å². The Morgan fingerprint density at radius 2 is 1.77 bits per heavy atom. The van der Waals surface area contributed by atoms with Gasteiger partial charge in [0.2, 0.25) is 17.7 Å². The van der Waals surface area contributed by atoms with Gasteiger partial charge < -0.3 is 20.3 Å². The number of imide groups is 1. The van der Waals surface area contributed by atoms with Gasteiger partial charge in [-0.05, 0) is 124 Å². The molecule has 3 aromatic carbocycles. The van der Waals surface area contributed by atoms with Crippen molar-refractivity contribution in [1.82, 2.24) is 15.1 Å². The second-order valence-electron chi connectivity index (χ2n) is 16.3. The van der Waals surface area contributed by atoms with E-state index < -0.39 is 47.0 Å². The van der Waals surface area contributed by atoms with Gasteiger partial charge in [-0.2, -0.15) is 18.4 Å². The average Bonchev–Trinajstić information content (AvgIpc) is 4.01. The summed E-state index contributed by atoms with van der Waals surface area (Å²) in [6.07, 6.45) is -2.04. The van der Waals surface area contributed by atoms with E-state index in [1.54, 1.807) is 41.3 Å². The van der Waals surface area contributed by atoms with Gasteiger partial charge in [0.25, 0.3) is 5.91 Å². The number of hydrogen-bond donors (Lipinski definition) is 3. The molecule has 3 aromatic rings. The van der Waals surface area contributed by atoms with E-state index in [9.17, 15) is 37.6 Å². The summed E-state index contributed by atoms with van der Waals surface area (Å²) in [5.41, 5.74) is -0.104. The molecule has 2 aliphatic carbocycles. The topological polar surface area (TPSA) is 150 Å². The molecule has 3 saturated heterocycles. The Morgan fingerprint density at radius 1 is 1.02 bits per heavy atom. The highest BCUT2D eigenvalue weighted by Gasteiger charge is 2.60. The predicted molar refractivity (Wildman–Crippen MR) is 222 cm³/mol. The normalized spacial score (nSPS) is 23.1. The van der Waals surface area contributed by atoms with E-state index in [0.29, 0.717) is 55.2 Å². The van der Waals surface area contributed by atoms with Gasteiger partial charge in [-0.1, -0.05) is 6.07 Å². The molecule has 13 nitrogen and oxygen atoms in total. The summed E-state index contributed by atoms with van der Waals surface area (Å²) in [5, 5.41) is 17.6. The van der Waals surface area contributed by atoms with Gasteiger partial charge in [-0.3, -0.25) is 39.2 Å². The first-order chi connectivity index (χ1) is 29.1. The fourth-order valence-corrected chi connectivity index (χ4v) is 9.15. The molecule has 3 N–H and O–H groups in total. The number of piperidine rings is 1. The van der Waals surface area contributed by atoms with E-state index in [4.69, 9.17) is 17.0 Å². The maximum Gasteiger partial charge on any atom is 0.417 e. The molecule has 2 saturated carbocycles. The fraction of sp³-hybridized carbons (Fsp3) is 0.442. The molecule has 3 aliphatic heterocycles. The molecule has 1 spiro atoms. The van der Waals surface area contributed by atoms with Crippen molar-refractivity contribution in [3.8, 4) is 11.8 Å². The summed E-state index contributed by atoms with van der Waals surface area (Å²) in [4.78, 5) is 57.1. The molecule has 8 rings (SSSR count). The third-order valence-electron chi connectivity index (χ3n) is 12.1. The number of hydrogen-bond acceptors (Lipinski definition) is 10. The lowest BCUT2D eigenvalue weighted by Gasteiger charge is -2.43. The molecular formula is C43H44F4N8O5S. The maximum atomic E-state index is 15.6.